The standard InChI is InChI=1S/C14H20N4O/c1-18-13(12(10-17-18)16-8-7-15)9-11-5-3-4-6-14(11)19-2/h3-6,10,16H,7-9,15H2,1-2H3. The fraction of sp³-hybridized carbons (Fsp3) is 0.357. The van der Waals surface area contributed by atoms with E-state index in [1.54, 1.807) is 7.11 Å². The summed E-state index contributed by atoms with van der Waals surface area (Å²) in [6.07, 6.45) is 2.60. The SMILES string of the molecule is COc1ccccc1Cc1c(NCCN)cnn1C. The molecule has 0 aliphatic heterocycles. The zero-order valence-electron chi connectivity index (χ0n) is 11.4. The Morgan fingerprint density at radius 2 is 2.16 bits per heavy atom. The molecular weight excluding hydrogens is 240 g/mol. The van der Waals surface area contributed by atoms with Gasteiger partial charge in [0.2, 0.25) is 0 Å². The van der Waals surface area contributed by atoms with Crippen LogP contribution >= 0.6 is 0 Å². The highest BCUT2D eigenvalue weighted by Gasteiger charge is 2.11. The van der Waals surface area contributed by atoms with E-state index in [0.29, 0.717) is 6.54 Å². The van der Waals surface area contributed by atoms with Crippen molar-refractivity contribution >= 4 is 5.69 Å². The fourth-order valence-corrected chi connectivity index (χ4v) is 2.06. The van der Waals surface area contributed by atoms with Crippen molar-refractivity contribution in [2.75, 3.05) is 25.5 Å². The Balaban J connectivity index is 2.24. The second-order valence-electron chi connectivity index (χ2n) is 4.33. The molecule has 3 N–H and O–H groups in total. The molecule has 0 saturated heterocycles. The number of nitrogens with two attached hydrogens (primary N) is 1. The third-order valence-corrected chi connectivity index (χ3v) is 3.07. The van der Waals surface area contributed by atoms with Crippen molar-refractivity contribution in [2.45, 2.75) is 6.42 Å². The van der Waals surface area contributed by atoms with Crippen LogP contribution in [0.4, 0.5) is 5.69 Å². The minimum Gasteiger partial charge on any atom is -0.496 e. The van der Waals surface area contributed by atoms with Crippen molar-refractivity contribution in [3.63, 3.8) is 0 Å². The number of nitrogens with zero attached hydrogens (tertiary/aromatic N) is 2. The van der Waals surface area contributed by atoms with Crippen LogP contribution in [0.1, 0.15) is 11.3 Å². The molecule has 2 rings (SSSR count). The highest BCUT2D eigenvalue weighted by molar-refractivity contribution is 5.50. The van der Waals surface area contributed by atoms with E-state index in [1.807, 2.05) is 36.1 Å². The molecule has 5 heteroatoms. The second-order valence-corrected chi connectivity index (χ2v) is 4.33. The summed E-state index contributed by atoms with van der Waals surface area (Å²) in [4.78, 5) is 0. The number of hydrogen-bond donors (Lipinski definition) is 2. The zero-order valence-corrected chi connectivity index (χ0v) is 11.4. The van der Waals surface area contributed by atoms with Gasteiger partial charge in [-0.2, -0.15) is 5.10 Å². The Kier molecular flexibility index (Phi) is 4.41. The summed E-state index contributed by atoms with van der Waals surface area (Å²) in [5, 5.41) is 7.59. The number of methoxy groups -OCH3 is 1. The topological polar surface area (TPSA) is 65.1 Å². The van der Waals surface area contributed by atoms with E-state index in [0.717, 1.165) is 35.7 Å². The predicted octanol–water partition coefficient (Wildman–Crippen LogP) is 1.39. The summed E-state index contributed by atoms with van der Waals surface area (Å²) in [5.74, 6) is 0.897. The Labute approximate surface area is 113 Å². The smallest absolute Gasteiger partial charge is 0.122 e. The number of benzene rings is 1. The average Bonchev–Trinajstić information content (AvgIpc) is 2.78. The molecule has 102 valence electrons. The summed E-state index contributed by atoms with van der Waals surface area (Å²) in [6.45, 7) is 1.34. The minimum absolute atomic E-state index is 0.600. The molecule has 2 aromatic rings. The molecule has 0 saturated carbocycles. The van der Waals surface area contributed by atoms with Crippen LogP contribution in [0.5, 0.6) is 5.75 Å². The van der Waals surface area contributed by atoms with Crippen molar-refractivity contribution in [3.05, 3.63) is 41.7 Å². The van der Waals surface area contributed by atoms with E-state index < -0.39 is 0 Å². The van der Waals surface area contributed by atoms with Gasteiger partial charge in [0.15, 0.2) is 0 Å². The molecule has 0 radical (unpaired) electrons. The summed E-state index contributed by atoms with van der Waals surface area (Å²) >= 11 is 0. The molecule has 19 heavy (non-hydrogen) atoms. The minimum atomic E-state index is 0.600. The Morgan fingerprint density at radius 3 is 2.89 bits per heavy atom. The van der Waals surface area contributed by atoms with E-state index in [4.69, 9.17) is 10.5 Å². The normalized spacial score (nSPS) is 10.5. The first-order valence-corrected chi connectivity index (χ1v) is 6.33. The van der Waals surface area contributed by atoms with E-state index in [9.17, 15) is 0 Å². The van der Waals surface area contributed by atoms with Crippen LogP contribution < -0.4 is 15.8 Å². The van der Waals surface area contributed by atoms with E-state index in [1.165, 1.54) is 0 Å². The predicted molar refractivity (Wildman–Crippen MR) is 76.6 cm³/mol. The molecule has 0 amide bonds. The van der Waals surface area contributed by atoms with E-state index >= 15 is 0 Å². The van der Waals surface area contributed by atoms with Crippen LogP contribution in [0.3, 0.4) is 0 Å². The van der Waals surface area contributed by atoms with Crippen LogP contribution in [-0.2, 0) is 13.5 Å². The molecule has 0 bridgehead atoms. The van der Waals surface area contributed by atoms with Crippen LogP contribution in [0.15, 0.2) is 30.5 Å². The molecule has 0 atom stereocenters. The average molecular weight is 260 g/mol. The first kappa shape index (κ1) is 13.4. The highest BCUT2D eigenvalue weighted by Crippen LogP contribution is 2.24. The van der Waals surface area contributed by atoms with Gasteiger partial charge in [0, 0.05) is 32.1 Å². The molecular formula is C14H20N4O. The molecule has 1 aromatic heterocycles. The van der Waals surface area contributed by atoms with Crippen LogP contribution in [0.2, 0.25) is 0 Å². The van der Waals surface area contributed by atoms with Gasteiger partial charge < -0.3 is 15.8 Å². The van der Waals surface area contributed by atoms with Crippen molar-refractivity contribution < 1.29 is 4.74 Å². The molecule has 1 aromatic carbocycles. The molecule has 0 aliphatic rings. The van der Waals surface area contributed by atoms with Gasteiger partial charge in [-0.25, -0.2) is 0 Å². The van der Waals surface area contributed by atoms with Crippen molar-refractivity contribution in [1.29, 1.82) is 0 Å². The van der Waals surface area contributed by atoms with E-state index in [-0.39, 0.29) is 0 Å². The van der Waals surface area contributed by atoms with Gasteiger partial charge in [0.1, 0.15) is 5.75 Å². The van der Waals surface area contributed by atoms with Crippen LogP contribution in [0.25, 0.3) is 0 Å². The maximum atomic E-state index is 5.52. The molecule has 0 fully saturated rings. The Morgan fingerprint density at radius 1 is 1.37 bits per heavy atom. The number of aromatic nitrogens is 2. The maximum Gasteiger partial charge on any atom is 0.122 e. The van der Waals surface area contributed by atoms with Crippen LogP contribution in [0, 0.1) is 0 Å². The lowest BCUT2D eigenvalue weighted by molar-refractivity contribution is 0.410. The number of rotatable bonds is 6. The number of ether oxygens (including phenoxy) is 1. The summed E-state index contributed by atoms with van der Waals surface area (Å²) in [6, 6.07) is 8.03. The van der Waals surface area contributed by atoms with Crippen molar-refractivity contribution in [1.82, 2.24) is 9.78 Å². The number of anilines is 1. The number of hydrogen-bond acceptors (Lipinski definition) is 4. The largest absolute Gasteiger partial charge is 0.496 e. The first-order chi connectivity index (χ1) is 9.26. The first-order valence-electron chi connectivity index (χ1n) is 6.33. The maximum absolute atomic E-state index is 5.52. The quantitative estimate of drug-likeness (QED) is 0.824. The lowest BCUT2D eigenvalue weighted by Crippen LogP contribution is -2.14. The second kappa shape index (κ2) is 6.24. The van der Waals surface area contributed by atoms with Gasteiger partial charge >= 0.3 is 0 Å². The molecule has 0 aliphatic carbocycles. The van der Waals surface area contributed by atoms with Gasteiger partial charge in [-0.05, 0) is 6.07 Å². The highest BCUT2D eigenvalue weighted by atomic mass is 16.5. The third-order valence-electron chi connectivity index (χ3n) is 3.07. The Bertz CT molecular complexity index is 536. The summed E-state index contributed by atoms with van der Waals surface area (Å²) in [5.41, 5.74) is 8.81. The summed E-state index contributed by atoms with van der Waals surface area (Å²) < 4.78 is 7.27. The van der Waals surface area contributed by atoms with Gasteiger partial charge in [0.05, 0.1) is 24.7 Å². The summed E-state index contributed by atoms with van der Waals surface area (Å²) in [7, 11) is 3.63. The van der Waals surface area contributed by atoms with Crippen LogP contribution in [-0.4, -0.2) is 30.0 Å². The van der Waals surface area contributed by atoms with Gasteiger partial charge in [-0.3, -0.25) is 4.68 Å². The lowest BCUT2D eigenvalue weighted by atomic mass is 10.1. The molecule has 0 spiro atoms. The number of nitrogens with one attached hydrogen (secondary N) is 1. The van der Waals surface area contributed by atoms with E-state index in [2.05, 4.69) is 16.5 Å². The molecule has 5 nitrogen and oxygen atoms in total. The zero-order chi connectivity index (χ0) is 13.7. The third kappa shape index (κ3) is 3.06. The van der Waals surface area contributed by atoms with Crippen molar-refractivity contribution in [3.8, 4) is 5.75 Å². The Hall–Kier alpha value is -2.01. The van der Waals surface area contributed by atoms with Gasteiger partial charge in [-0.15, -0.1) is 0 Å². The fourth-order valence-electron chi connectivity index (χ4n) is 2.06. The number of para-hydroxylation sites is 1. The monoisotopic (exact) mass is 260 g/mol. The van der Waals surface area contributed by atoms with Gasteiger partial charge in [-0.1, -0.05) is 18.2 Å². The van der Waals surface area contributed by atoms with Crippen molar-refractivity contribution in [2.24, 2.45) is 12.8 Å². The lowest BCUT2D eigenvalue weighted by Gasteiger charge is -2.11. The van der Waals surface area contributed by atoms with Gasteiger partial charge in [0.25, 0.3) is 0 Å². The number of aryl methyl sites for hydroxylation is 1. The molecule has 1 heterocycles. The molecule has 0 unspecified atom stereocenters.